The van der Waals surface area contributed by atoms with E-state index in [9.17, 15) is 4.79 Å². The number of ether oxygens (including phenoxy) is 1. The first kappa shape index (κ1) is 8.64. The van der Waals surface area contributed by atoms with E-state index in [1.54, 1.807) is 0 Å². The summed E-state index contributed by atoms with van der Waals surface area (Å²) in [6.45, 7) is 1.92. The molecule has 1 rings (SSSR count). The van der Waals surface area contributed by atoms with E-state index < -0.39 is 0 Å². The van der Waals surface area contributed by atoms with Crippen molar-refractivity contribution in [3.8, 4) is 5.88 Å². The average molecular weight is 166 g/mol. The second-order valence-corrected chi connectivity index (χ2v) is 2.22. The van der Waals surface area contributed by atoms with Gasteiger partial charge < -0.3 is 4.74 Å². The summed E-state index contributed by atoms with van der Waals surface area (Å²) in [5.74, 6) is 1.06. The van der Waals surface area contributed by atoms with Crippen LogP contribution in [0.25, 0.3) is 0 Å². The first-order chi connectivity index (χ1) is 5.80. The van der Waals surface area contributed by atoms with Crippen LogP contribution in [0.1, 0.15) is 23.2 Å². The van der Waals surface area contributed by atoms with E-state index in [1.165, 1.54) is 13.2 Å². The fraction of sp³-hybridized carbons (Fsp3) is 0.375. The van der Waals surface area contributed by atoms with Crippen molar-refractivity contribution in [1.29, 1.82) is 0 Å². The molecule has 0 amide bonds. The van der Waals surface area contributed by atoms with Crippen molar-refractivity contribution in [3.63, 3.8) is 0 Å². The number of hydrogen-bond acceptors (Lipinski definition) is 4. The van der Waals surface area contributed by atoms with E-state index in [2.05, 4.69) is 9.97 Å². The predicted molar refractivity (Wildman–Crippen MR) is 43.3 cm³/mol. The zero-order valence-corrected chi connectivity index (χ0v) is 7.07. The van der Waals surface area contributed by atoms with Gasteiger partial charge in [-0.25, -0.2) is 4.98 Å². The smallest absolute Gasteiger partial charge is 0.216 e. The molecule has 64 valence electrons. The van der Waals surface area contributed by atoms with E-state index in [1.807, 2.05) is 6.92 Å². The number of rotatable bonds is 3. The fourth-order valence-electron chi connectivity index (χ4n) is 0.815. The van der Waals surface area contributed by atoms with Crippen LogP contribution in [0.15, 0.2) is 6.07 Å². The van der Waals surface area contributed by atoms with Crippen LogP contribution in [0.3, 0.4) is 0 Å². The molecule has 0 fully saturated rings. The maximum absolute atomic E-state index is 10.4. The highest BCUT2D eigenvalue weighted by atomic mass is 16.5. The third-order valence-electron chi connectivity index (χ3n) is 1.41. The lowest BCUT2D eigenvalue weighted by Gasteiger charge is -2.01. The van der Waals surface area contributed by atoms with Gasteiger partial charge in [-0.3, -0.25) is 4.79 Å². The number of carbonyl (C=O) groups is 1. The summed E-state index contributed by atoms with van der Waals surface area (Å²) in [4.78, 5) is 18.4. The molecular weight excluding hydrogens is 156 g/mol. The molecule has 0 aliphatic rings. The summed E-state index contributed by atoms with van der Waals surface area (Å²) in [5.41, 5.74) is 0.360. The van der Waals surface area contributed by atoms with Gasteiger partial charge in [-0.05, 0) is 0 Å². The summed E-state index contributed by atoms with van der Waals surface area (Å²) in [5, 5.41) is 0. The molecule has 4 heteroatoms. The Bertz CT molecular complexity index is 264. The van der Waals surface area contributed by atoms with Gasteiger partial charge in [-0.2, -0.15) is 4.98 Å². The maximum atomic E-state index is 10.4. The molecule has 0 unspecified atom stereocenters. The molecule has 0 aromatic carbocycles. The predicted octanol–water partition coefficient (Wildman–Crippen LogP) is 0.860. The highest BCUT2D eigenvalue weighted by Gasteiger charge is 2.01. The molecule has 1 aromatic rings. The summed E-state index contributed by atoms with van der Waals surface area (Å²) < 4.78 is 4.89. The monoisotopic (exact) mass is 166 g/mol. The lowest BCUT2D eigenvalue weighted by atomic mass is 10.4. The zero-order valence-electron chi connectivity index (χ0n) is 7.07. The van der Waals surface area contributed by atoms with Crippen LogP contribution in [0.4, 0.5) is 0 Å². The van der Waals surface area contributed by atoms with Crippen molar-refractivity contribution in [1.82, 2.24) is 9.97 Å². The highest BCUT2D eigenvalue weighted by molar-refractivity contribution is 5.72. The molecular formula is C8H10N2O2. The third-order valence-corrected chi connectivity index (χ3v) is 1.41. The maximum Gasteiger partial charge on any atom is 0.216 e. The topological polar surface area (TPSA) is 52.1 Å². The quantitative estimate of drug-likeness (QED) is 0.625. The van der Waals surface area contributed by atoms with Crippen LogP contribution >= 0.6 is 0 Å². The average Bonchev–Trinajstić information content (AvgIpc) is 2.16. The van der Waals surface area contributed by atoms with Crippen molar-refractivity contribution >= 4 is 6.29 Å². The second-order valence-electron chi connectivity index (χ2n) is 2.22. The number of aryl methyl sites for hydroxylation is 1. The molecule has 12 heavy (non-hydrogen) atoms. The molecule has 1 aromatic heterocycles. The van der Waals surface area contributed by atoms with E-state index in [4.69, 9.17) is 4.74 Å². The van der Waals surface area contributed by atoms with Crippen LogP contribution in [0.5, 0.6) is 5.88 Å². The zero-order chi connectivity index (χ0) is 8.97. The van der Waals surface area contributed by atoms with E-state index >= 15 is 0 Å². The number of carbonyl (C=O) groups excluding carboxylic acids is 1. The van der Waals surface area contributed by atoms with E-state index in [0.717, 1.165) is 0 Å². The Labute approximate surface area is 70.6 Å². The molecule has 0 bridgehead atoms. The fourth-order valence-corrected chi connectivity index (χ4v) is 0.815. The first-order valence-corrected chi connectivity index (χ1v) is 3.67. The Balaban J connectivity index is 3.09. The van der Waals surface area contributed by atoms with Crippen LogP contribution in [0, 0.1) is 0 Å². The van der Waals surface area contributed by atoms with Gasteiger partial charge in [0.1, 0.15) is 11.5 Å². The van der Waals surface area contributed by atoms with Gasteiger partial charge in [0.2, 0.25) is 5.88 Å². The molecule has 0 atom stereocenters. The van der Waals surface area contributed by atoms with Gasteiger partial charge in [0.05, 0.1) is 7.11 Å². The molecule has 0 aliphatic heterocycles. The minimum absolute atomic E-state index is 0.360. The Morgan fingerprint density at radius 2 is 2.33 bits per heavy atom. The number of aromatic nitrogens is 2. The third kappa shape index (κ3) is 1.78. The molecule has 4 nitrogen and oxygen atoms in total. The molecule has 0 saturated heterocycles. The van der Waals surface area contributed by atoms with Crippen molar-refractivity contribution in [2.24, 2.45) is 0 Å². The Morgan fingerprint density at radius 3 is 2.83 bits per heavy atom. The molecule has 0 spiro atoms. The summed E-state index contributed by atoms with van der Waals surface area (Å²) in [6, 6.07) is 1.51. The summed E-state index contributed by atoms with van der Waals surface area (Å²) in [7, 11) is 1.51. The lowest BCUT2D eigenvalue weighted by molar-refractivity contribution is 0.111. The van der Waals surface area contributed by atoms with E-state index in [0.29, 0.717) is 30.1 Å². The van der Waals surface area contributed by atoms with Gasteiger partial charge in [0, 0.05) is 12.5 Å². The Morgan fingerprint density at radius 1 is 1.58 bits per heavy atom. The van der Waals surface area contributed by atoms with Gasteiger partial charge in [0.15, 0.2) is 6.29 Å². The standard InChI is InChI=1S/C8H10N2O2/c1-3-7-9-6(5-11)4-8(10-7)12-2/h4-5H,3H2,1-2H3. The van der Waals surface area contributed by atoms with Crippen LogP contribution in [-0.4, -0.2) is 23.4 Å². The van der Waals surface area contributed by atoms with Crippen LogP contribution in [0.2, 0.25) is 0 Å². The van der Waals surface area contributed by atoms with Crippen LogP contribution < -0.4 is 4.74 Å². The molecule has 0 N–H and O–H groups in total. The lowest BCUT2D eigenvalue weighted by Crippen LogP contribution is -1.99. The number of aldehydes is 1. The molecule has 0 saturated carbocycles. The highest BCUT2D eigenvalue weighted by Crippen LogP contribution is 2.07. The normalized spacial score (nSPS) is 9.50. The van der Waals surface area contributed by atoms with Crippen LogP contribution in [-0.2, 0) is 6.42 Å². The van der Waals surface area contributed by atoms with Crippen molar-refractivity contribution in [2.45, 2.75) is 13.3 Å². The van der Waals surface area contributed by atoms with Crippen molar-refractivity contribution in [3.05, 3.63) is 17.6 Å². The first-order valence-electron chi connectivity index (χ1n) is 3.67. The minimum atomic E-state index is 0.360. The number of hydrogen-bond donors (Lipinski definition) is 0. The second kappa shape index (κ2) is 3.80. The summed E-state index contributed by atoms with van der Waals surface area (Å²) >= 11 is 0. The van der Waals surface area contributed by atoms with Crippen molar-refractivity contribution < 1.29 is 9.53 Å². The van der Waals surface area contributed by atoms with Gasteiger partial charge in [-0.1, -0.05) is 6.92 Å². The van der Waals surface area contributed by atoms with Gasteiger partial charge in [-0.15, -0.1) is 0 Å². The Hall–Kier alpha value is -1.45. The molecule has 0 radical (unpaired) electrons. The SMILES string of the molecule is CCc1nc(C=O)cc(OC)n1. The molecule has 1 heterocycles. The van der Waals surface area contributed by atoms with Gasteiger partial charge >= 0.3 is 0 Å². The number of methoxy groups -OCH3 is 1. The molecule has 0 aliphatic carbocycles. The largest absolute Gasteiger partial charge is 0.481 e. The van der Waals surface area contributed by atoms with Gasteiger partial charge in [0.25, 0.3) is 0 Å². The Kier molecular flexibility index (Phi) is 2.74. The summed E-state index contributed by atoms with van der Waals surface area (Å²) in [6.07, 6.45) is 1.38. The van der Waals surface area contributed by atoms with E-state index in [-0.39, 0.29) is 0 Å². The number of nitrogens with zero attached hydrogens (tertiary/aromatic N) is 2. The van der Waals surface area contributed by atoms with Crippen molar-refractivity contribution in [2.75, 3.05) is 7.11 Å². The minimum Gasteiger partial charge on any atom is -0.481 e.